The van der Waals surface area contributed by atoms with Crippen molar-refractivity contribution in [1.29, 1.82) is 0 Å². The summed E-state index contributed by atoms with van der Waals surface area (Å²) in [5.74, 6) is 0.0448. The number of carbonyl (C=O) groups excluding carboxylic acids is 1. The van der Waals surface area contributed by atoms with Crippen LogP contribution in [0.4, 0.5) is 4.79 Å². The number of urea groups is 1. The van der Waals surface area contributed by atoms with Crippen molar-refractivity contribution in [2.45, 2.75) is 38.3 Å². The van der Waals surface area contributed by atoms with Gasteiger partial charge in [0.1, 0.15) is 17.3 Å². The second-order valence-electron chi connectivity index (χ2n) is 4.52. The normalized spacial score (nSPS) is 17.9. The first kappa shape index (κ1) is 12.4. The Morgan fingerprint density at radius 1 is 1.56 bits per heavy atom. The predicted octanol–water partition coefficient (Wildman–Crippen LogP) is 0.960. The Labute approximate surface area is 104 Å². The maximum atomic E-state index is 11.6. The van der Waals surface area contributed by atoms with Crippen molar-refractivity contribution in [2.75, 3.05) is 0 Å². The molecule has 1 aromatic heterocycles. The molecule has 0 aliphatic heterocycles. The van der Waals surface area contributed by atoms with Gasteiger partial charge in [0.05, 0.1) is 6.20 Å². The highest BCUT2D eigenvalue weighted by Crippen LogP contribution is 2.35. The Kier molecular flexibility index (Phi) is 2.98. The molecule has 7 nitrogen and oxygen atoms in total. The lowest BCUT2D eigenvalue weighted by atomic mass is 10.3. The number of nitrogens with one attached hydrogen (secondary N) is 2. The Hall–Kier alpha value is -2.05. The minimum Gasteiger partial charge on any atom is -0.480 e. The van der Waals surface area contributed by atoms with Crippen molar-refractivity contribution >= 4 is 12.0 Å². The number of carbonyl (C=O) groups is 2. The van der Waals surface area contributed by atoms with E-state index in [1.165, 1.54) is 0 Å². The highest BCUT2D eigenvalue weighted by molar-refractivity contribution is 5.88. The lowest BCUT2D eigenvalue weighted by Crippen LogP contribution is -2.48. The number of oxazole rings is 1. The molecular weight excluding hydrogens is 238 g/mol. The molecule has 1 aliphatic carbocycles. The predicted molar refractivity (Wildman–Crippen MR) is 60.9 cm³/mol. The minimum atomic E-state index is -1.09. The van der Waals surface area contributed by atoms with Gasteiger partial charge in [-0.25, -0.2) is 14.6 Å². The van der Waals surface area contributed by atoms with Crippen LogP contribution < -0.4 is 10.6 Å². The number of aromatic nitrogens is 1. The summed E-state index contributed by atoms with van der Waals surface area (Å²) < 4.78 is 5.27. The molecule has 18 heavy (non-hydrogen) atoms. The molecule has 0 bridgehead atoms. The quantitative estimate of drug-likeness (QED) is 0.741. The van der Waals surface area contributed by atoms with Gasteiger partial charge in [-0.1, -0.05) is 0 Å². The maximum absolute atomic E-state index is 11.6. The van der Waals surface area contributed by atoms with E-state index in [0.717, 1.165) is 0 Å². The van der Waals surface area contributed by atoms with Gasteiger partial charge in [0.15, 0.2) is 0 Å². The zero-order chi connectivity index (χ0) is 13.3. The maximum Gasteiger partial charge on any atom is 0.329 e. The molecule has 2 amide bonds. The summed E-state index contributed by atoms with van der Waals surface area (Å²) in [5, 5.41) is 14.0. The van der Waals surface area contributed by atoms with Crippen molar-refractivity contribution in [1.82, 2.24) is 15.6 Å². The number of aryl methyl sites for hydroxylation is 1. The molecule has 0 aromatic carbocycles. The van der Waals surface area contributed by atoms with Crippen molar-refractivity contribution < 1.29 is 19.1 Å². The highest BCUT2D eigenvalue weighted by Gasteiger charge is 2.51. The smallest absolute Gasteiger partial charge is 0.329 e. The van der Waals surface area contributed by atoms with Crippen molar-refractivity contribution in [2.24, 2.45) is 0 Å². The monoisotopic (exact) mass is 253 g/mol. The van der Waals surface area contributed by atoms with E-state index in [4.69, 9.17) is 9.52 Å². The number of carboxylic acids is 1. The number of hydrogen-bond acceptors (Lipinski definition) is 4. The zero-order valence-corrected chi connectivity index (χ0v) is 10.2. The number of rotatable bonds is 4. The first-order valence-electron chi connectivity index (χ1n) is 5.67. The van der Waals surface area contributed by atoms with Gasteiger partial charge in [-0.15, -0.1) is 0 Å². The standard InChI is InChI=1S/C11H15N3O4/c1-6-5-12-8(18-6)7(2)13-10(17)14-11(3-4-11)9(15)16/h5,7H,3-4H2,1-2H3,(H,15,16)(H2,13,14,17). The third kappa shape index (κ3) is 2.44. The van der Waals surface area contributed by atoms with Crippen LogP contribution in [-0.2, 0) is 4.79 Å². The molecule has 0 spiro atoms. The van der Waals surface area contributed by atoms with Crippen LogP contribution in [0.3, 0.4) is 0 Å². The molecule has 3 N–H and O–H groups in total. The first-order valence-corrected chi connectivity index (χ1v) is 5.67. The largest absolute Gasteiger partial charge is 0.480 e. The first-order chi connectivity index (χ1) is 8.43. The van der Waals surface area contributed by atoms with Gasteiger partial charge < -0.3 is 20.2 Å². The molecule has 7 heteroatoms. The van der Waals surface area contributed by atoms with E-state index in [0.29, 0.717) is 24.5 Å². The third-order valence-electron chi connectivity index (χ3n) is 2.87. The van der Waals surface area contributed by atoms with Gasteiger partial charge in [-0.3, -0.25) is 0 Å². The summed E-state index contributed by atoms with van der Waals surface area (Å²) in [7, 11) is 0. The van der Waals surface area contributed by atoms with Crippen LogP contribution in [0.2, 0.25) is 0 Å². The second-order valence-corrected chi connectivity index (χ2v) is 4.52. The molecule has 1 aromatic rings. The summed E-state index contributed by atoms with van der Waals surface area (Å²) in [6.07, 6.45) is 2.48. The van der Waals surface area contributed by atoms with Crippen molar-refractivity contribution in [3.8, 4) is 0 Å². The van der Waals surface area contributed by atoms with Gasteiger partial charge in [0, 0.05) is 0 Å². The van der Waals surface area contributed by atoms with Gasteiger partial charge in [0.25, 0.3) is 0 Å². The fourth-order valence-corrected chi connectivity index (χ4v) is 1.60. The molecule has 1 atom stereocenters. The fourth-order valence-electron chi connectivity index (χ4n) is 1.60. The van der Waals surface area contributed by atoms with E-state index < -0.39 is 23.6 Å². The van der Waals surface area contributed by atoms with Gasteiger partial charge in [0.2, 0.25) is 5.89 Å². The van der Waals surface area contributed by atoms with Crippen molar-refractivity contribution in [3.05, 3.63) is 17.8 Å². The highest BCUT2D eigenvalue weighted by atomic mass is 16.4. The van der Waals surface area contributed by atoms with Crippen LogP contribution in [0, 0.1) is 6.92 Å². The summed E-state index contributed by atoms with van der Waals surface area (Å²) in [5.41, 5.74) is -1.09. The third-order valence-corrected chi connectivity index (χ3v) is 2.87. The van der Waals surface area contributed by atoms with E-state index >= 15 is 0 Å². The fraction of sp³-hybridized carbons (Fsp3) is 0.545. The molecular formula is C11H15N3O4. The summed E-state index contributed by atoms with van der Waals surface area (Å²) in [6.45, 7) is 3.47. The SMILES string of the molecule is Cc1cnc(C(C)NC(=O)NC2(C(=O)O)CC2)o1. The Balaban J connectivity index is 1.90. The van der Waals surface area contributed by atoms with E-state index in [-0.39, 0.29) is 0 Å². The Morgan fingerprint density at radius 3 is 2.67 bits per heavy atom. The summed E-state index contributed by atoms with van der Waals surface area (Å²) >= 11 is 0. The van der Waals surface area contributed by atoms with Crippen molar-refractivity contribution in [3.63, 3.8) is 0 Å². The van der Waals surface area contributed by atoms with E-state index in [2.05, 4.69) is 15.6 Å². The Morgan fingerprint density at radius 2 is 2.22 bits per heavy atom. The number of aliphatic carboxylic acids is 1. The molecule has 2 rings (SSSR count). The molecule has 1 fully saturated rings. The summed E-state index contributed by atoms with van der Waals surface area (Å²) in [4.78, 5) is 26.5. The van der Waals surface area contributed by atoms with E-state index in [9.17, 15) is 9.59 Å². The lowest BCUT2D eigenvalue weighted by Gasteiger charge is -2.15. The van der Waals surface area contributed by atoms with Crippen LogP contribution in [0.25, 0.3) is 0 Å². The zero-order valence-electron chi connectivity index (χ0n) is 10.2. The van der Waals surface area contributed by atoms with Crippen LogP contribution in [0.1, 0.15) is 37.5 Å². The number of carboxylic acid groups (broad SMARTS) is 1. The summed E-state index contributed by atoms with van der Waals surface area (Å²) in [6, 6.07) is -0.943. The molecule has 1 aliphatic rings. The Bertz CT molecular complexity index is 478. The van der Waals surface area contributed by atoms with Crippen LogP contribution in [-0.4, -0.2) is 27.6 Å². The van der Waals surface area contributed by atoms with Crippen LogP contribution >= 0.6 is 0 Å². The second kappa shape index (κ2) is 4.32. The molecule has 1 unspecified atom stereocenters. The molecule has 1 heterocycles. The van der Waals surface area contributed by atoms with Crippen LogP contribution in [0.15, 0.2) is 10.6 Å². The van der Waals surface area contributed by atoms with E-state index in [1.807, 2.05) is 0 Å². The van der Waals surface area contributed by atoms with Gasteiger partial charge in [-0.05, 0) is 26.7 Å². The molecule has 1 saturated carbocycles. The minimum absolute atomic E-state index is 0.392. The average molecular weight is 253 g/mol. The topological polar surface area (TPSA) is 104 Å². The molecule has 98 valence electrons. The molecule has 0 saturated heterocycles. The average Bonchev–Trinajstić information content (AvgIpc) is 2.92. The lowest BCUT2D eigenvalue weighted by molar-refractivity contribution is -0.140. The van der Waals surface area contributed by atoms with Gasteiger partial charge >= 0.3 is 12.0 Å². The number of amides is 2. The number of nitrogens with zero attached hydrogens (tertiary/aromatic N) is 1. The van der Waals surface area contributed by atoms with Gasteiger partial charge in [-0.2, -0.15) is 0 Å². The molecule has 0 radical (unpaired) electrons. The van der Waals surface area contributed by atoms with E-state index in [1.54, 1.807) is 20.0 Å². The number of hydrogen-bond donors (Lipinski definition) is 3. The van der Waals surface area contributed by atoms with Crippen LogP contribution in [0.5, 0.6) is 0 Å².